The van der Waals surface area contributed by atoms with Crippen LogP contribution in [0, 0.1) is 17.8 Å². The van der Waals surface area contributed by atoms with Crippen LogP contribution in [0.3, 0.4) is 0 Å². The molecule has 4 bridgehead atoms. The fourth-order valence-electron chi connectivity index (χ4n) is 4.00. The van der Waals surface area contributed by atoms with Gasteiger partial charge >= 0.3 is 0 Å². The van der Waals surface area contributed by atoms with Crippen molar-refractivity contribution in [3.05, 3.63) is 0 Å². The molecule has 5 atom stereocenters. The first-order chi connectivity index (χ1) is 8.79. The molecule has 0 radical (unpaired) electrons. The molecule has 0 spiro atoms. The third-order valence-electron chi connectivity index (χ3n) is 4.86. The molecule has 5 unspecified atom stereocenters. The van der Waals surface area contributed by atoms with Crippen molar-refractivity contribution in [2.45, 2.75) is 53.5 Å². The van der Waals surface area contributed by atoms with Crippen LogP contribution >= 0.6 is 46.4 Å². The zero-order chi connectivity index (χ0) is 14.0. The van der Waals surface area contributed by atoms with Crippen LogP contribution in [-0.2, 0) is 9.53 Å². The molecule has 4 rings (SSSR count). The quantitative estimate of drug-likeness (QED) is 0.716. The largest absolute Gasteiger partial charge is 0.366 e. The number of fused-ring (bicyclic) bond motifs is 1. The first kappa shape index (κ1) is 14.7. The Bertz CT molecular complexity index is 409. The van der Waals surface area contributed by atoms with E-state index in [9.17, 15) is 4.79 Å². The highest BCUT2D eigenvalue weighted by molar-refractivity contribution is 6.58. The molecule has 2 nitrogen and oxygen atoms in total. The van der Waals surface area contributed by atoms with Crippen molar-refractivity contribution >= 4 is 52.2 Å². The number of alkyl halides is 4. The van der Waals surface area contributed by atoms with E-state index >= 15 is 0 Å². The molecule has 108 valence electrons. The summed E-state index contributed by atoms with van der Waals surface area (Å²) in [5.74, 6) is 0.105. The Morgan fingerprint density at radius 3 is 2.47 bits per heavy atom. The van der Waals surface area contributed by atoms with Gasteiger partial charge in [-0.2, -0.15) is 0 Å². The van der Waals surface area contributed by atoms with Gasteiger partial charge in [-0.05, 0) is 25.2 Å². The van der Waals surface area contributed by atoms with E-state index in [0.717, 1.165) is 19.3 Å². The molecule has 2 saturated heterocycles. The van der Waals surface area contributed by atoms with Crippen LogP contribution < -0.4 is 0 Å². The summed E-state index contributed by atoms with van der Waals surface area (Å²) in [5.41, 5.74) is 0. The lowest BCUT2D eigenvalue weighted by Gasteiger charge is -2.42. The third kappa shape index (κ3) is 2.05. The highest BCUT2D eigenvalue weighted by Gasteiger charge is 2.69. The average molecular weight is 346 g/mol. The number of ether oxygens (including phenoxy) is 1. The minimum absolute atomic E-state index is 0.0234. The van der Waals surface area contributed by atoms with Crippen molar-refractivity contribution in [3.63, 3.8) is 0 Å². The van der Waals surface area contributed by atoms with Crippen molar-refractivity contribution in [1.82, 2.24) is 0 Å². The molecule has 0 aromatic carbocycles. The zero-order valence-electron chi connectivity index (χ0n) is 10.5. The molecule has 4 fully saturated rings. The minimum atomic E-state index is -1.36. The Morgan fingerprint density at radius 1 is 1.32 bits per heavy atom. The normalized spacial score (nSPS) is 42.9. The molecule has 6 heteroatoms. The van der Waals surface area contributed by atoms with Crippen LogP contribution in [0.5, 0.6) is 0 Å². The van der Waals surface area contributed by atoms with Crippen LogP contribution in [0.15, 0.2) is 0 Å². The molecule has 0 aromatic rings. The summed E-state index contributed by atoms with van der Waals surface area (Å²) >= 11 is 25.1. The van der Waals surface area contributed by atoms with E-state index in [1.54, 1.807) is 0 Å². The van der Waals surface area contributed by atoms with Gasteiger partial charge < -0.3 is 4.74 Å². The second-order valence-electron chi connectivity index (χ2n) is 5.94. The molecule has 19 heavy (non-hydrogen) atoms. The van der Waals surface area contributed by atoms with Crippen molar-refractivity contribution in [1.29, 1.82) is 0 Å². The number of carbonyl (C=O) groups excluding carboxylic acids is 1. The SMILES string of the molecule is CCCC(Cl)(Cl)C(=O)C1OC2CC3C1CC2C3(Cl)Cl. The van der Waals surface area contributed by atoms with Gasteiger partial charge in [0.1, 0.15) is 10.4 Å². The Balaban J connectivity index is 1.81. The third-order valence-corrected chi connectivity index (χ3v) is 6.73. The van der Waals surface area contributed by atoms with Crippen LogP contribution in [0.4, 0.5) is 0 Å². The molecule has 2 heterocycles. The first-order valence-electron chi connectivity index (χ1n) is 6.74. The van der Waals surface area contributed by atoms with Gasteiger partial charge in [-0.25, -0.2) is 0 Å². The summed E-state index contributed by atoms with van der Waals surface area (Å²) in [6.45, 7) is 1.94. The number of ketones is 1. The van der Waals surface area contributed by atoms with E-state index < -0.39 is 14.8 Å². The van der Waals surface area contributed by atoms with Crippen molar-refractivity contribution in [3.8, 4) is 0 Å². The maximum Gasteiger partial charge on any atom is 0.197 e. The number of rotatable bonds is 4. The average Bonchev–Trinajstić information content (AvgIpc) is 2.72. The Hall–Kier alpha value is 0.790. The van der Waals surface area contributed by atoms with Crippen LogP contribution in [0.25, 0.3) is 0 Å². The lowest BCUT2D eigenvalue weighted by molar-refractivity contribution is -0.161. The van der Waals surface area contributed by atoms with Crippen molar-refractivity contribution in [2.24, 2.45) is 17.8 Å². The topological polar surface area (TPSA) is 26.3 Å². The van der Waals surface area contributed by atoms with Crippen molar-refractivity contribution < 1.29 is 9.53 Å². The van der Waals surface area contributed by atoms with Gasteiger partial charge in [-0.3, -0.25) is 4.79 Å². The number of hydrogen-bond acceptors (Lipinski definition) is 2. The lowest BCUT2D eigenvalue weighted by atomic mass is 9.78. The van der Waals surface area contributed by atoms with Gasteiger partial charge in [-0.1, -0.05) is 36.5 Å². The predicted molar refractivity (Wildman–Crippen MR) is 77.2 cm³/mol. The standard InChI is InChI=1S/C13H16Cl4O2/c1-2-3-12(14,15)11(18)10-6-4-8-9(19-10)5-7(6)13(8,16)17/h6-10H,2-5H2,1H3. The van der Waals surface area contributed by atoms with E-state index in [1.807, 2.05) is 6.92 Å². The smallest absolute Gasteiger partial charge is 0.197 e. The summed E-state index contributed by atoms with van der Waals surface area (Å²) in [6, 6.07) is 0. The van der Waals surface area contributed by atoms with Crippen LogP contribution in [-0.4, -0.2) is 26.7 Å². The minimum Gasteiger partial charge on any atom is -0.366 e. The van der Waals surface area contributed by atoms with Crippen LogP contribution in [0.1, 0.15) is 32.6 Å². The Morgan fingerprint density at radius 2 is 2.00 bits per heavy atom. The first-order valence-corrected chi connectivity index (χ1v) is 8.25. The number of Topliss-reactive ketones (excluding diaryl/α,β-unsaturated/α-hetero) is 1. The fourth-order valence-corrected chi connectivity index (χ4v) is 5.55. The monoisotopic (exact) mass is 344 g/mol. The fraction of sp³-hybridized carbons (Fsp3) is 0.923. The Labute approximate surface area is 133 Å². The van der Waals surface area contributed by atoms with Gasteiger partial charge in [-0.15, -0.1) is 23.2 Å². The van der Waals surface area contributed by atoms with Gasteiger partial charge in [0, 0.05) is 11.8 Å². The molecular formula is C13H16Cl4O2. The maximum atomic E-state index is 12.5. The van der Waals surface area contributed by atoms with Gasteiger partial charge in [0.05, 0.1) is 6.10 Å². The number of halogens is 4. The highest BCUT2D eigenvalue weighted by atomic mass is 35.5. The summed E-state index contributed by atoms with van der Waals surface area (Å²) in [7, 11) is 0. The van der Waals surface area contributed by atoms with Gasteiger partial charge in [0.2, 0.25) is 0 Å². The van der Waals surface area contributed by atoms with Crippen LogP contribution in [0.2, 0.25) is 0 Å². The summed E-state index contributed by atoms with van der Waals surface area (Å²) in [4.78, 5) is 12.5. The van der Waals surface area contributed by atoms with E-state index in [1.165, 1.54) is 0 Å². The summed E-state index contributed by atoms with van der Waals surface area (Å²) < 4.78 is 3.77. The zero-order valence-corrected chi connectivity index (χ0v) is 13.6. The number of carbonyl (C=O) groups is 1. The highest BCUT2D eigenvalue weighted by Crippen LogP contribution is 2.66. The lowest BCUT2D eigenvalue weighted by Crippen LogP contribution is -2.51. The van der Waals surface area contributed by atoms with E-state index in [2.05, 4.69) is 0 Å². The maximum absolute atomic E-state index is 12.5. The molecule has 0 amide bonds. The Kier molecular flexibility index (Phi) is 3.60. The molecule has 0 aromatic heterocycles. The second-order valence-corrected chi connectivity index (χ2v) is 8.86. The van der Waals surface area contributed by atoms with Gasteiger partial charge in [0.15, 0.2) is 10.1 Å². The summed E-state index contributed by atoms with van der Waals surface area (Å²) in [5, 5.41) is 0. The summed E-state index contributed by atoms with van der Waals surface area (Å²) in [6.07, 6.45) is 2.31. The molecule has 2 aliphatic heterocycles. The van der Waals surface area contributed by atoms with E-state index in [0.29, 0.717) is 6.42 Å². The molecule has 4 aliphatic rings. The van der Waals surface area contributed by atoms with Gasteiger partial charge in [0.25, 0.3) is 0 Å². The predicted octanol–water partition coefficient (Wildman–Crippen LogP) is 4.13. The molecule has 2 aliphatic carbocycles. The molecule has 0 N–H and O–H groups in total. The van der Waals surface area contributed by atoms with E-state index in [-0.39, 0.29) is 29.6 Å². The molecular weight excluding hydrogens is 330 g/mol. The number of hydrogen-bond donors (Lipinski definition) is 0. The van der Waals surface area contributed by atoms with E-state index in [4.69, 9.17) is 51.1 Å². The van der Waals surface area contributed by atoms with Crippen molar-refractivity contribution in [2.75, 3.05) is 0 Å². The second kappa shape index (κ2) is 4.64. The molecule has 2 saturated carbocycles.